The van der Waals surface area contributed by atoms with Crippen molar-refractivity contribution < 1.29 is 18.3 Å². The minimum atomic E-state index is -3.50. The highest BCUT2D eigenvalue weighted by Gasteiger charge is 2.30. The number of benzene rings is 1. The van der Waals surface area contributed by atoms with E-state index in [2.05, 4.69) is 15.9 Å². The molecular formula is C14H18BrNO4S. The summed E-state index contributed by atoms with van der Waals surface area (Å²) in [6.07, 6.45) is 2.28. The first kappa shape index (κ1) is 16.5. The van der Waals surface area contributed by atoms with Gasteiger partial charge in [0.05, 0.1) is 4.90 Å². The average Bonchev–Trinajstić information content (AvgIpc) is 2.45. The van der Waals surface area contributed by atoms with Crippen LogP contribution in [0.5, 0.6) is 0 Å². The van der Waals surface area contributed by atoms with Gasteiger partial charge in [-0.15, -0.1) is 0 Å². The molecular weight excluding hydrogens is 358 g/mol. The average molecular weight is 376 g/mol. The van der Waals surface area contributed by atoms with Gasteiger partial charge in [-0.1, -0.05) is 22.0 Å². The Morgan fingerprint density at radius 2 is 2.19 bits per heavy atom. The number of aliphatic carboxylic acids is 1. The fraction of sp³-hybridized carbons (Fsp3) is 0.500. The van der Waals surface area contributed by atoms with Crippen LogP contribution in [0.1, 0.15) is 25.7 Å². The summed E-state index contributed by atoms with van der Waals surface area (Å²) >= 11 is 3.28. The zero-order valence-corrected chi connectivity index (χ0v) is 13.9. The van der Waals surface area contributed by atoms with Crippen molar-refractivity contribution >= 4 is 31.9 Å². The number of carboxylic acids is 1. The number of sulfonamides is 1. The Hall–Kier alpha value is -0.920. The van der Waals surface area contributed by atoms with Gasteiger partial charge in [-0.25, -0.2) is 8.42 Å². The van der Waals surface area contributed by atoms with E-state index in [-0.39, 0.29) is 17.2 Å². The summed E-state index contributed by atoms with van der Waals surface area (Å²) in [5.74, 6) is -0.709. The molecule has 2 rings (SSSR count). The van der Waals surface area contributed by atoms with E-state index in [0.29, 0.717) is 19.5 Å². The third-order valence-corrected chi connectivity index (χ3v) is 6.04. The van der Waals surface area contributed by atoms with Crippen molar-refractivity contribution in [2.24, 2.45) is 5.92 Å². The normalized spacial score (nSPS) is 20.3. The van der Waals surface area contributed by atoms with Crippen LogP contribution in [0.3, 0.4) is 0 Å². The van der Waals surface area contributed by atoms with Gasteiger partial charge in [0, 0.05) is 24.0 Å². The Bertz CT molecular complexity index is 617. The molecule has 5 nitrogen and oxygen atoms in total. The van der Waals surface area contributed by atoms with Crippen LogP contribution in [0.15, 0.2) is 33.6 Å². The van der Waals surface area contributed by atoms with Gasteiger partial charge in [0.25, 0.3) is 0 Å². The molecule has 1 aromatic carbocycles. The topological polar surface area (TPSA) is 74.7 Å². The van der Waals surface area contributed by atoms with Gasteiger partial charge in [-0.05, 0) is 43.4 Å². The summed E-state index contributed by atoms with van der Waals surface area (Å²) in [6, 6.07) is 6.66. The molecule has 1 aromatic rings. The van der Waals surface area contributed by atoms with E-state index < -0.39 is 16.0 Å². The predicted molar refractivity (Wildman–Crippen MR) is 82.5 cm³/mol. The summed E-state index contributed by atoms with van der Waals surface area (Å²) in [5, 5.41) is 8.74. The second-order valence-electron chi connectivity index (χ2n) is 5.26. The van der Waals surface area contributed by atoms with E-state index >= 15 is 0 Å². The molecule has 0 aliphatic carbocycles. The van der Waals surface area contributed by atoms with Gasteiger partial charge in [0.2, 0.25) is 10.0 Å². The molecule has 1 saturated heterocycles. The molecule has 116 valence electrons. The number of carbonyl (C=O) groups is 1. The van der Waals surface area contributed by atoms with Crippen LogP contribution in [0, 0.1) is 5.92 Å². The van der Waals surface area contributed by atoms with Gasteiger partial charge in [0.1, 0.15) is 0 Å². The van der Waals surface area contributed by atoms with Crippen molar-refractivity contribution in [3.63, 3.8) is 0 Å². The van der Waals surface area contributed by atoms with Crippen LogP contribution < -0.4 is 0 Å². The predicted octanol–water partition coefficient (Wildman–Crippen LogP) is 2.71. The molecule has 21 heavy (non-hydrogen) atoms. The quantitative estimate of drug-likeness (QED) is 0.858. The first-order chi connectivity index (χ1) is 9.89. The lowest BCUT2D eigenvalue weighted by Gasteiger charge is -2.31. The smallest absolute Gasteiger partial charge is 0.303 e. The second kappa shape index (κ2) is 6.89. The number of rotatable bonds is 5. The molecule has 0 spiro atoms. The van der Waals surface area contributed by atoms with E-state index in [1.807, 2.05) is 0 Å². The van der Waals surface area contributed by atoms with Gasteiger partial charge < -0.3 is 5.11 Å². The van der Waals surface area contributed by atoms with E-state index in [1.165, 1.54) is 4.31 Å². The van der Waals surface area contributed by atoms with Gasteiger partial charge in [0.15, 0.2) is 0 Å². The molecule has 1 aliphatic rings. The van der Waals surface area contributed by atoms with Crippen molar-refractivity contribution in [2.75, 3.05) is 13.1 Å². The molecule has 1 atom stereocenters. The van der Waals surface area contributed by atoms with Crippen LogP contribution in [-0.2, 0) is 14.8 Å². The van der Waals surface area contributed by atoms with Crippen molar-refractivity contribution in [1.82, 2.24) is 4.31 Å². The number of piperidine rings is 1. The third kappa shape index (κ3) is 4.28. The third-order valence-electron chi connectivity index (χ3n) is 3.68. The van der Waals surface area contributed by atoms with E-state index in [9.17, 15) is 13.2 Å². The number of nitrogens with zero attached hydrogens (tertiary/aromatic N) is 1. The number of carboxylic acid groups (broad SMARTS) is 1. The molecule has 0 bridgehead atoms. The highest BCUT2D eigenvalue weighted by Crippen LogP contribution is 2.27. The number of halogens is 1. The van der Waals surface area contributed by atoms with Crippen LogP contribution >= 0.6 is 15.9 Å². The number of hydrogen-bond donors (Lipinski definition) is 1. The SMILES string of the molecule is O=C(O)CCC1CCCN(S(=O)(=O)c2cccc(Br)c2)C1. The van der Waals surface area contributed by atoms with E-state index in [4.69, 9.17) is 5.11 Å². The first-order valence-corrected chi connectivity index (χ1v) is 9.10. The van der Waals surface area contributed by atoms with E-state index in [1.54, 1.807) is 24.3 Å². The minimum absolute atomic E-state index is 0.0927. The van der Waals surface area contributed by atoms with Crippen molar-refractivity contribution in [3.05, 3.63) is 28.7 Å². The summed E-state index contributed by atoms with van der Waals surface area (Å²) in [7, 11) is -3.50. The van der Waals surface area contributed by atoms with Crippen LogP contribution in [0.4, 0.5) is 0 Å². The first-order valence-electron chi connectivity index (χ1n) is 6.87. The van der Waals surface area contributed by atoms with Gasteiger partial charge in [-0.2, -0.15) is 4.31 Å². The Labute approximate surface area is 133 Å². The summed E-state index contributed by atoms with van der Waals surface area (Å²) in [6.45, 7) is 0.903. The molecule has 1 heterocycles. The van der Waals surface area contributed by atoms with Crippen LogP contribution in [0.25, 0.3) is 0 Å². The van der Waals surface area contributed by atoms with Crippen molar-refractivity contribution in [3.8, 4) is 0 Å². The van der Waals surface area contributed by atoms with Crippen LogP contribution in [-0.4, -0.2) is 36.9 Å². The molecule has 1 unspecified atom stereocenters. The second-order valence-corrected chi connectivity index (χ2v) is 8.11. The molecule has 0 aromatic heterocycles. The molecule has 0 amide bonds. The summed E-state index contributed by atoms with van der Waals surface area (Å²) in [4.78, 5) is 10.9. The standard InChI is InChI=1S/C14H18BrNO4S/c15-12-4-1-5-13(9-12)21(19,20)16-8-2-3-11(10-16)6-7-14(17)18/h1,4-5,9,11H,2-3,6-8,10H2,(H,17,18). The highest BCUT2D eigenvalue weighted by atomic mass is 79.9. The van der Waals surface area contributed by atoms with Crippen LogP contribution in [0.2, 0.25) is 0 Å². The zero-order valence-electron chi connectivity index (χ0n) is 11.5. The fourth-order valence-electron chi connectivity index (χ4n) is 2.58. The number of hydrogen-bond acceptors (Lipinski definition) is 3. The Balaban J connectivity index is 2.11. The van der Waals surface area contributed by atoms with Gasteiger partial charge in [-0.3, -0.25) is 4.79 Å². The molecule has 0 saturated carbocycles. The lowest BCUT2D eigenvalue weighted by atomic mass is 9.95. The van der Waals surface area contributed by atoms with E-state index in [0.717, 1.165) is 17.3 Å². The Morgan fingerprint density at radius 3 is 2.86 bits per heavy atom. The minimum Gasteiger partial charge on any atom is -0.481 e. The van der Waals surface area contributed by atoms with Gasteiger partial charge >= 0.3 is 5.97 Å². The molecule has 1 N–H and O–H groups in total. The van der Waals surface area contributed by atoms with Crippen molar-refractivity contribution in [2.45, 2.75) is 30.6 Å². The zero-order chi connectivity index (χ0) is 15.5. The lowest BCUT2D eigenvalue weighted by molar-refractivity contribution is -0.137. The summed E-state index contributed by atoms with van der Waals surface area (Å²) in [5.41, 5.74) is 0. The maximum Gasteiger partial charge on any atom is 0.303 e. The molecule has 1 fully saturated rings. The van der Waals surface area contributed by atoms with Crippen molar-refractivity contribution in [1.29, 1.82) is 0 Å². The molecule has 0 radical (unpaired) electrons. The fourth-order valence-corrected chi connectivity index (χ4v) is 4.74. The monoisotopic (exact) mass is 375 g/mol. The maximum atomic E-state index is 12.6. The Morgan fingerprint density at radius 1 is 1.43 bits per heavy atom. The Kier molecular flexibility index (Phi) is 5.40. The molecule has 1 aliphatic heterocycles. The molecule has 7 heteroatoms. The summed E-state index contributed by atoms with van der Waals surface area (Å²) < 4.78 is 27.4. The maximum absolute atomic E-state index is 12.6. The largest absolute Gasteiger partial charge is 0.481 e. The lowest BCUT2D eigenvalue weighted by Crippen LogP contribution is -2.40. The highest BCUT2D eigenvalue weighted by molar-refractivity contribution is 9.10.